The van der Waals surface area contributed by atoms with Gasteiger partial charge in [-0.2, -0.15) is 6.92 Å². The molecule has 0 amide bonds. The van der Waals surface area contributed by atoms with Crippen LogP contribution < -0.4 is 26.5 Å². The Bertz CT molecular complexity index is 1440. The number of imidazole rings is 2. The molecular weight excluding hydrogens is 1090 g/mol. The molecule has 14 heteroatoms. The van der Waals surface area contributed by atoms with Gasteiger partial charge in [0.15, 0.2) is 0 Å². The molecule has 42 heavy (non-hydrogen) atoms. The van der Waals surface area contributed by atoms with Gasteiger partial charge >= 0.3 is 23.1 Å². The number of fused-ring (bicyclic) bond motifs is 6. The molecular formula is C28H28Br3I3MgN4O3. The Morgan fingerprint density at radius 2 is 1.33 bits per heavy atom. The topological polar surface area (TPSA) is 63.3 Å². The molecule has 0 aliphatic carbocycles. The number of rotatable bonds is 0. The minimum absolute atomic E-state index is 0. The maximum absolute atomic E-state index is 5.75. The van der Waals surface area contributed by atoms with Crippen molar-refractivity contribution >= 4 is 123 Å². The van der Waals surface area contributed by atoms with Crippen molar-refractivity contribution in [3.05, 3.63) is 69.6 Å². The zero-order valence-electron chi connectivity index (χ0n) is 22.9. The summed E-state index contributed by atoms with van der Waals surface area (Å²) in [5.41, 5.74) is 2.10. The maximum atomic E-state index is 5.75. The fourth-order valence-corrected chi connectivity index (χ4v) is 6.60. The van der Waals surface area contributed by atoms with Crippen LogP contribution in [0.3, 0.4) is 0 Å². The number of benzene rings is 2. The van der Waals surface area contributed by atoms with Crippen LogP contribution in [0.1, 0.15) is 19.8 Å². The third kappa shape index (κ3) is 10.2. The summed E-state index contributed by atoms with van der Waals surface area (Å²) in [7, 11) is 0. The van der Waals surface area contributed by atoms with E-state index in [0.717, 1.165) is 76.9 Å². The molecule has 0 saturated carbocycles. The van der Waals surface area contributed by atoms with Crippen molar-refractivity contribution < 1.29 is 31.2 Å². The van der Waals surface area contributed by atoms with Crippen molar-refractivity contribution in [2.75, 3.05) is 26.4 Å². The molecule has 0 atom stereocenters. The number of nitrogens with zero attached hydrogens (tertiary/aromatic N) is 4. The van der Waals surface area contributed by atoms with Gasteiger partial charge in [-0.05, 0) is 117 Å². The van der Waals surface area contributed by atoms with Gasteiger partial charge in [-0.3, -0.25) is 0 Å². The van der Waals surface area contributed by atoms with Crippen LogP contribution in [-0.4, -0.2) is 68.6 Å². The molecule has 4 aromatic rings. The van der Waals surface area contributed by atoms with Gasteiger partial charge in [-0.25, -0.2) is 9.97 Å². The predicted octanol–water partition coefficient (Wildman–Crippen LogP) is 5.48. The summed E-state index contributed by atoms with van der Waals surface area (Å²) >= 11 is 13.8. The number of aromatic nitrogens is 4. The average molecular weight is 1110 g/mol. The van der Waals surface area contributed by atoms with Gasteiger partial charge in [-0.15, -0.1) is 0 Å². The average Bonchev–Trinajstić information content (AvgIpc) is 3.66. The third-order valence-electron chi connectivity index (χ3n) is 5.97. The van der Waals surface area contributed by atoms with E-state index >= 15 is 0 Å². The normalized spacial score (nSPS) is 13.7. The van der Waals surface area contributed by atoms with E-state index in [-0.39, 0.29) is 40.0 Å². The monoisotopic (exact) mass is 1110 g/mol. The molecule has 2 aromatic carbocycles. The third-order valence-corrected chi connectivity index (χ3v) is 10.4. The molecule has 0 unspecified atom stereocenters. The van der Waals surface area contributed by atoms with Crippen LogP contribution in [0.4, 0.5) is 0 Å². The molecule has 5 heterocycles. The molecule has 7 nitrogen and oxygen atoms in total. The summed E-state index contributed by atoms with van der Waals surface area (Å²) in [5, 5.41) is 0. The summed E-state index contributed by atoms with van der Waals surface area (Å²) in [6.07, 6.45) is 4.61. The second kappa shape index (κ2) is 19.5. The molecule has 1 fully saturated rings. The number of ether oxygens (including phenoxy) is 3. The Balaban J connectivity index is 0.000000231. The second-order valence-electron chi connectivity index (χ2n) is 8.55. The van der Waals surface area contributed by atoms with Crippen LogP contribution in [0.15, 0.2) is 51.5 Å². The van der Waals surface area contributed by atoms with E-state index in [2.05, 4.69) is 144 Å². The molecule has 3 aliphatic rings. The van der Waals surface area contributed by atoms with Crippen LogP contribution in [-0.2, 0) is 17.8 Å². The van der Waals surface area contributed by atoms with Gasteiger partial charge in [0.25, 0.3) is 0 Å². The Hall–Kier alpha value is 0.816. The van der Waals surface area contributed by atoms with Gasteiger partial charge in [0.05, 0.1) is 24.2 Å². The first-order valence-electron chi connectivity index (χ1n) is 12.7. The van der Waals surface area contributed by atoms with E-state index in [1.807, 2.05) is 24.3 Å². The van der Waals surface area contributed by atoms with Crippen molar-refractivity contribution in [1.29, 1.82) is 0 Å². The molecule has 2 aromatic heterocycles. The van der Waals surface area contributed by atoms with Crippen molar-refractivity contribution in [2.24, 2.45) is 0 Å². The minimum atomic E-state index is 0. The van der Waals surface area contributed by atoms with E-state index < -0.39 is 0 Å². The van der Waals surface area contributed by atoms with Crippen LogP contribution in [0.2, 0.25) is 0 Å². The zero-order chi connectivity index (χ0) is 28.6. The van der Waals surface area contributed by atoms with Crippen LogP contribution in [0, 0.1) is 18.0 Å². The second-order valence-corrected chi connectivity index (χ2v) is 13.5. The number of hydrogen-bond donors (Lipinski definition) is 0. The fourth-order valence-electron chi connectivity index (χ4n) is 4.20. The van der Waals surface area contributed by atoms with Gasteiger partial charge in [0, 0.05) is 28.4 Å². The van der Waals surface area contributed by atoms with Crippen molar-refractivity contribution in [3.63, 3.8) is 0 Å². The SMILES string of the molecule is Brc1ccc2c(c1)-c1nc(I)c(I)n1CCO2.Brc1ccc2c(c1)-c1nc(I)cn1CCO2.C1CCOC1.[Br-].[CH2-]C.[Mg+2]. The Morgan fingerprint density at radius 3 is 1.88 bits per heavy atom. The number of hydrogen-bond acceptors (Lipinski definition) is 5. The number of halogens is 6. The Labute approximate surface area is 331 Å². The van der Waals surface area contributed by atoms with Gasteiger partial charge in [0.2, 0.25) is 0 Å². The fraction of sp³-hybridized carbons (Fsp3) is 0.321. The van der Waals surface area contributed by atoms with Gasteiger partial charge in [0.1, 0.15) is 47.5 Å². The Morgan fingerprint density at radius 1 is 0.786 bits per heavy atom. The largest absolute Gasteiger partial charge is 2.00 e. The van der Waals surface area contributed by atoms with Crippen molar-refractivity contribution in [1.82, 2.24) is 19.1 Å². The molecule has 7 rings (SSSR count). The van der Waals surface area contributed by atoms with E-state index in [9.17, 15) is 0 Å². The first-order chi connectivity index (χ1) is 19.4. The van der Waals surface area contributed by atoms with Crippen LogP contribution in [0.5, 0.6) is 11.5 Å². The summed E-state index contributed by atoms with van der Waals surface area (Å²) in [6, 6.07) is 12.1. The Kier molecular flexibility index (Phi) is 18.1. The molecule has 3 aliphatic heterocycles. The maximum Gasteiger partial charge on any atom is 2.00 e. The summed E-state index contributed by atoms with van der Waals surface area (Å²) < 4.78 is 26.1. The first-order valence-corrected chi connectivity index (χ1v) is 17.5. The van der Waals surface area contributed by atoms with E-state index in [1.165, 1.54) is 16.5 Å². The molecule has 0 bridgehead atoms. The summed E-state index contributed by atoms with van der Waals surface area (Å²) in [6.45, 7) is 10.1. The molecule has 222 valence electrons. The van der Waals surface area contributed by atoms with Crippen molar-refractivity contribution in [3.8, 4) is 34.3 Å². The molecule has 1 saturated heterocycles. The molecule has 0 spiro atoms. The van der Waals surface area contributed by atoms with E-state index in [0.29, 0.717) is 13.2 Å². The van der Waals surface area contributed by atoms with Crippen molar-refractivity contribution in [2.45, 2.75) is 32.9 Å². The van der Waals surface area contributed by atoms with Gasteiger partial charge < -0.3 is 47.2 Å². The quantitative estimate of drug-likeness (QED) is 0.133. The molecule has 0 N–H and O–H groups in total. The van der Waals surface area contributed by atoms with Crippen LogP contribution in [0.25, 0.3) is 22.8 Å². The van der Waals surface area contributed by atoms with E-state index in [1.54, 1.807) is 6.92 Å². The summed E-state index contributed by atoms with van der Waals surface area (Å²) in [5.74, 6) is 3.79. The zero-order valence-corrected chi connectivity index (χ0v) is 35.5. The smallest absolute Gasteiger partial charge is 1.00 e. The van der Waals surface area contributed by atoms with E-state index in [4.69, 9.17) is 14.2 Å². The standard InChI is InChI=1S/C11H7BrI2N2O.C11H8BrIN2O.C4H8O.C2H5.BrH.Mg/c12-6-1-2-8-7(5-6)11-15-9(13)10(14)16(11)3-4-17-8;12-7-1-2-9-8(5-7)11-14-10(13)6-15(11)3-4-16-9;1-2-4-5-3-1;1-2;;/h1-2,5H,3-4H2;1-2,5-6H,3-4H2;1-4H2;1H2,2H3;1H;/q;;;-1;;+2/p-1. The first kappa shape index (κ1) is 39.0. The predicted molar refractivity (Wildman–Crippen MR) is 197 cm³/mol. The van der Waals surface area contributed by atoms with Crippen LogP contribution >= 0.6 is 99.6 Å². The minimum Gasteiger partial charge on any atom is -1.00 e. The summed E-state index contributed by atoms with van der Waals surface area (Å²) in [4.78, 5) is 9.18. The molecule has 0 radical (unpaired) electrons. The van der Waals surface area contributed by atoms with Gasteiger partial charge in [-0.1, -0.05) is 31.9 Å².